The Morgan fingerprint density at radius 1 is 1.00 bits per heavy atom. The zero-order valence-electron chi connectivity index (χ0n) is 13.2. The second kappa shape index (κ2) is 7.16. The molecular weight excluding hydrogens is 216 g/mol. The van der Waals surface area contributed by atoms with Crippen LogP contribution in [0.1, 0.15) is 79.6 Å². The predicted molar refractivity (Wildman–Crippen MR) is 82.8 cm³/mol. The van der Waals surface area contributed by atoms with Gasteiger partial charge in [0.1, 0.15) is 0 Å². The molecule has 0 saturated carbocycles. The third-order valence-electron chi connectivity index (χ3n) is 3.99. The van der Waals surface area contributed by atoms with E-state index in [4.69, 9.17) is 0 Å². The topological polar surface area (TPSA) is 0 Å². The molecular formula is C18H32. The maximum Gasteiger partial charge on any atom is -0.00454 e. The van der Waals surface area contributed by atoms with Gasteiger partial charge < -0.3 is 0 Å². The highest BCUT2D eigenvalue weighted by molar-refractivity contribution is 5.33. The molecule has 0 aliphatic heterocycles. The molecule has 0 bridgehead atoms. The van der Waals surface area contributed by atoms with Gasteiger partial charge in [-0.05, 0) is 37.5 Å². The first-order valence-corrected chi connectivity index (χ1v) is 7.77. The Labute approximate surface area is 115 Å². The SMILES string of the molecule is CC1=CC(CCCCCCCC(C)(C)C)=CC1C. The Kier molecular flexibility index (Phi) is 6.18. The van der Waals surface area contributed by atoms with Crippen molar-refractivity contribution < 1.29 is 0 Å². The largest absolute Gasteiger partial charge is 0.0744 e. The Balaban J connectivity index is 1.99. The molecule has 0 radical (unpaired) electrons. The molecule has 0 heteroatoms. The van der Waals surface area contributed by atoms with Gasteiger partial charge >= 0.3 is 0 Å². The highest BCUT2D eigenvalue weighted by Gasteiger charge is 2.10. The van der Waals surface area contributed by atoms with Crippen LogP contribution in [0.3, 0.4) is 0 Å². The van der Waals surface area contributed by atoms with Crippen molar-refractivity contribution in [2.75, 3.05) is 0 Å². The average molecular weight is 248 g/mol. The second-order valence-corrected chi connectivity index (χ2v) is 7.25. The van der Waals surface area contributed by atoms with E-state index in [1.165, 1.54) is 50.5 Å². The molecule has 18 heavy (non-hydrogen) atoms. The first kappa shape index (κ1) is 15.5. The van der Waals surface area contributed by atoms with Gasteiger partial charge in [-0.2, -0.15) is 0 Å². The molecule has 0 spiro atoms. The van der Waals surface area contributed by atoms with Gasteiger partial charge in [-0.15, -0.1) is 0 Å². The Morgan fingerprint density at radius 3 is 2.17 bits per heavy atom. The molecule has 1 rings (SSSR count). The Bertz CT molecular complexity index is 298. The van der Waals surface area contributed by atoms with E-state index in [2.05, 4.69) is 46.8 Å². The summed E-state index contributed by atoms with van der Waals surface area (Å²) in [6.07, 6.45) is 14.5. The van der Waals surface area contributed by atoms with Gasteiger partial charge in [0.25, 0.3) is 0 Å². The fourth-order valence-corrected chi connectivity index (χ4v) is 2.59. The minimum absolute atomic E-state index is 0.521. The summed E-state index contributed by atoms with van der Waals surface area (Å²) >= 11 is 0. The lowest BCUT2D eigenvalue weighted by atomic mass is 9.89. The summed E-state index contributed by atoms with van der Waals surface area (Å²) in [7, 11) is 0. The molecule has 1 unspecified atom stereocenters. The number of rotatable bonds is 7. The molecule has 104 valence electrons. The van der Waals surface area contributed by atoms with Gasteiger partial charge in [0, 0.05) is 0 Å². The van der Waals surface area contributed by atoms with Gasteiger partial charge in [-0.1, -0.05) is 76.7 Å². The van der Waals surface area contributed by atoms with Crippen LogP contribution >= 0.6 is 0 Å². The van der Waals surface area contributed by atoms with Crippen molar-refractivity contribution in [3.05, 3.63) is 23.3 Å². The van der Waals surface area contributed by atoms with Crippen molar-refractivity contribution in [2.24, 2.45) is 11.3 Å². The molecule has 0 N–H and O–H groups in total. The highest BCUT2D eigenvalue weighted by atomic mass is 14.2. The van der Waals surface area contributed by atoms with Crippen LogP contribution in [0.4, 0.5) is 0 Å². The van der Waals surface area contributed by atoms with Gasteiger partial charge in [0.15, 0.2) is 0 Å². The van der Waals surface area contributed by atoms with Gasteiger partial charge in [0.2, 0.25) is 0 Å². The van der Waals surface area contributed by atoms with Crippen LogP contribution in [0.25, 0.3) is 0 Å². The monoisotopic (exact) mass is 248 g/mol. The van der Waals surface area contributed by atoms with Gasteiger partial charge in [-0.25, -0.2) is 0 Å². The molecule has 0 aromatic carbocycles. The van der Waals surface area contributed by atoms with Crippen LogP contribution in [0.2, 0.25) is 0 Å². The molecule has 1 aliphatic rings. The van der Waals surface area contributed by atoms with E-state index in [9.17, 15) is 0 Å². The first-order valence-electron chi connectivity index (χ1n) is 7.77. The lowest BCUT2D eigenvalue weighted by molar-refractivity contribution is 0.356. The van der Waals surface area contributed by atoms with Crippen LogP contribution in [-0.2, 0) is 0 Å². The molecule has 0 amide bonds. The van der Waals surface area contributed by atoms with Gasteiger partial charge in [-0.3, -0.25) is 0 Å². The molecule has 0 fully saturated rings. The molecule has 0 nitrogen and oxygen atoms in total. The second-order valence-electron chi connectivity index (χ2n) is 7.25. The van der Waals surface area contributed by atoms with E-state index in [0.717, 1.165) is 0 Å². The van der Waals surface area contributed by atoms with Crippen LogP contribution in [0.15, 0.2) is 23.3 Å². The third kappa shape index (κ3) is 6.42. The van der Waals surface area contributed by atoms with Crippen molar-refractivity contribution in [2.45, 2.75) is 79.6 Å². The van der Waals surface area contributed by atoms with Crippen molar-refractivity contribution in [3.63, 3.8) is 0 Å². The van der Waals surface area contributed by atoms with Crippen molar-refractivity contribution in [1.82, 2.24) is 0 Å². The maximum atomic E-state index is 2.44. The summed E-state index contributed by atoms with van der Waals surface area (Å²) in [4.78, 5) is 0. The van der Waals surface area contributed by atoms with Gasteiger partial charge in [0.05, 0.1) is 0 Å². The predicted octanol–water partition coefficient (Wildman–Crippen LogP) is 6.29. The molecule has 0 aromatic rings. The van der Waals surface area contributed by atoms with Crippen molar-refractivity contribution in [3.8, 4) is 0 Å². The Hall–Kier alpha value is -0.520. The maximum absolute atomic E-state index is 2.44. The smallest absolute Gasteiger partial charge is 0.00454 e. The van der Waals surface area contributed by atoms with E-state index < -0.39 is 0 Å². The van der Waals surface area contributed by atoms with Crippen LogP contribution in [0.5, 0.6) is 0 Å². The fraction of sp³-hybridized carbons (Fsp3) is 0.778. The summed E-state index contributed by atoms with van der Waals surface area (Å²) in [5.41, 5.74) is 3.64. The summed E-state index contributed by atoms with van der Waals surface area (Å²) in [5, 5.41) is 0. The minimum Gasteiger partial charge on any atom is -0.0744 e. The molecule has 0 aromatic heterocycles. The standard InChI is InChI=1S/C18H32/c1-15-13-17(14-16(15)2)11-9-7-6-8-10-12-18(3,4)5/h13-15H,6-12H2,1-5H3. The van der Waals surface area contributed by atoms with Crippen LogP contribution < -0.4 is 0 Å². The lowest BCUT2D eigenvalue weighted by Crippen LogP contribution is -2.03. The van der Waals surface area contributed by atoms with Crippen LogP contribution in [-0.4, -0.2) is 0 Å². The zero-order chi connectivity index (χ0) is 13.6. The highest BCUT2D eigenvalue weighted by Crippen LogP contribution is 2.27. The zero-order valence-corrected chi connectivity index (χ0v) is 13.2. The molecule has 0 saturated heterocycles. The lowest BCUT2D eigenvalue weighted by Gasteiger charge is -2.17. The fourth-order valence-electron chi connectivity index (χ4n) is 2.59. The minimum atomic E-state index is 0.521. The molecule has 1 aliphatic carbocycles. The Morgan fingerprint density at radius 2 is 1.61 bits per heavy atom. The summed E-state index contributed by atoms with van der Waals surface area (Å²) in [6, 6.07) is 0. The van der Waals surface area contributed by atoms with E-state index >= 15 is 0 Å². The summed E-state index contributed by atoms with van der Waals surface area (Å²) in [6.45, 7) is 11.6. The number of hydrogen-bond donors (Lipinski definition) is 0. The average Bonchev–Trinajstić information content (AvgIpc) is 2.55. The summed E-state index contributed by atoms with van der Waals surface area (Å²) in [5.74, 6) is 0.687. The number of allylic oxidation sites excluding steroid dienone is 4. The van der Waals surface area contributed by atoms with Crippen molar-refractivity contribution >= 4 is 0 Å². The molecule has 0 heterocycles. The first-order chi connectivity index (χ1) is 8.38. The normalized spacial score (nSPS) is 19.9. The number of hydrogen-bond acceptors (Lipinski definition) is 0. The van der Waals surface area contributed by atoms with Crippen molar-refractivity contribution in [1.29, 1.82) is 0 Å². The summed E-state index contributed by atoms with van der Waals surface area (Å²) < 4.78 is 0. The van der Waals surface area contributed by atoms with E-state index in [0.29, 0.717) is 11.3 Å². The van der Waals surface area contributed by atoms with Crippen LogP contribution in [0, 0.1) is 11.3 Å². The van der Waals surface area contributed by atoms with E-state index in [-0.39, 0.29) is 0 Å². The molecule has 1 atom stereocenters. The van der Waals surface area contributed by atoms with E-state index in [1.807, 2.05) is 0 Å². The third-order valence-corrected chi connectivity index (χ3v) is 3.99. The van der Waals surface area contributed by atoms with E-state index in [1.54, 1.807) is 5.57 Å². The quantitative estimate of drug-likeness (QED) is 0.465. The number of unbranched alkanes of at least 4 members (excludes halogenated alkanes) is 4.